The van der Waals surface area contributed by atoms with E-state index in [-0.39, 0.29) is 20.1 Å². The molecule has 0 radical (unpaired) electrons. The van der Waals surface area contributed by atoms with Crippen molar-refractivity contribution in [3.63, 3.8) is 0 Å². The van der Waals surface area contributed by atoms with Crippen LogP contribution in [0.4, 0.5) is 0 Å². The monoisotopic (exact) mass is 279 g/mol. The topological polar surface area (TPSA) is 0 Å². The van der Waals surface area contributed by atoms with Crippen molar-refractivity contribution in [2.45, 2.75) is 27.7 Å². The maximum Gasteiger partial charge on any atom is 3.00 e. The van der Waals surface area contributed by atoms with Gasteiger partial charge in [0.15, 0.2) is 0 Å². The fourth-order valence-electron chi connectivity index (χ4n) is 0. The van der Waals surface area contributed by atoms with Crippen LogP contribution in [0, 0.1) is 12.8 Å². The van der Waals surface area contributed by atoms with Crippen molar-refractivity contribution in [3.8, 4) is 0 Å². The second-order valence-corrected chi connectivity index (χ2v) is 1.15. The number of rotatable bonds is 0. The van der Waals surface area contributed by atoms with E-state index in [2.05, 4.69) is 0 Å². The van der Waals surface area contributed by atoms with Crippen LogP contribution in [0.15, 0.2) is 0 Å². The van der Waals surface area contributed by atoms with Crippen molar-refractivity contribution >= 4 is 0 Å². The van der Waals surface area contributed by atoms with Crippen LogP contribution in [0.3, 0.4) is 0 Å². The van der Waals surface area contributed by atoms with E-state index < -0.39 is 0 Å². The summed E-state index contributed by atoms with van der Waals surface area (Å²) in [5, 5.41) is 0. The van der Waals surface area contributed by atoms with Crippen LogP contribution in [0.5, 0.6) is 0 Å². The molecule has 0 saturated carbocycles. The van der Waals surface area contributed by atoms with Gasteiger partial charge in [-0.3, -0.25) is 0 Å². The molecule has 0 bridgehead atoms. The van der Waals surface area contributed by atoms with E-state index >= 15 is 0 Å². The SMILES string of the molecule is C[CH-]C.C[CH-]C.[Ir+3]. The minimum absolute atomic E-state index is 0. The molecule has 0 aromatic rings. The fraction of sp³-hybridized carbons (Fsp3) is 0.667. The van der Waals surface area contributed by atoms with Crippen LogP contribution in [0.2, 0.25) is 0 Å². The van der Waals surface area contributed by atoms with Crippen molar-refractivity contribution in [3.05, 3.63) is 12.8 Å². The maximum absolute atomic E-state index is 2.00. The van der Waals surface area contributed by atoms with Crippen LogP contribution in [-0.2, 0) is 20.1 Å². The van der Waals surface area contributed by atoms with E-state index in [1.165, 1.54) is 0 Å². The Morgan fingerprint density at radius 3 is 0.714 bits per heavy atom. The van der Waals surface area contributed by atoms with Crippen molar-refractivity contribution < 1.29 is 20.1 Å². The molecule has 0 saturated heterocycles. The fourth-order valence-corrected chi connectivity index (χ4v) is 0. The van der Waals surface area contributed by atoms with Gasteiger partial charge >= 0.3 is 20.1 Å². The molecule has 0 unspecified atom stereocenters. The van der Waals surface area contributed by atoms with Gasteiger partial charge in [0.1, 0.15) is 0 Å². The first-order valence-corrected chi connectivity index (χ1v) is 2.31. The summed E-state index contributed by atoms with van der Waals surface area (Å²) in [7, 11) is 0. The van der Waals surface area contributed by atoms with Crippen LogP contribution < -0.4 is 0 Å². The predicted molar refractivity (Wildman–Crippen MR) is 31.3 cm³/mol. The molecule has 0 amide bonds. The van der Waals surface area contributed by atoms with Gasteiger partial charge in [-0.05, 0) is 0 Å². The van der Waals surface area contributed by atoms with Gasteiger partial charge in [-0.15, -0.1) is 0 Å². The predicted octanol–water partition coefficient (Wildman–Crippen LogP) is 2.46. The number of hydrogen-bond acceptors (Lipinski definition) is 0. The molecular formula is C6H14Ir+. The number of hydrogen-bond donors (Lipinski definition) is 0. The van der Waals surface area contributed by atoms with E-state index in [0.717, 1.165) is 0 Å². The molecular weight excluding hydrogens is 264 g/mol. The molecule has 0 aliphatic carbocycles. The zero-order valence-corrected chi connectivity index (χ0v) is 7.88. The summed E-state index contributed by atoms with van der Waals surface area (Å²) >= 11 is 0. The summed E-state index contributed by atoms with van der Waals surface area (Å²) in [6, 6.07) is 0. The third-order valence-corrected chi connectivity index (χ3v) is 0. The smallest absolute Gasteiger partial charge is 0.335 e. The molecule has 0 aliphatic heterocycles. The van der Waals surface area contributed by atoms with E-state index in [1.54, 1.807) is 0 Å². The summed E-state index contributed by atoms with van der Waals surface area (Å²) in [4.78, 5) is 0. The van der Waals surface area contributed by atoms with Gasteiger partial charge in [-0.2, -0.15) is 27.7 Å². The van der Waals surface area contributed by atoms with Gasteiger partial charge in [0.05, 0.1) is 0 Å². The molecule has 0 aromatic heterocycles. The Bertz CT molecular complexity index is 6.14. The first kappa shape index (κ1) is 15.6. The first-order chi connectivity index (χ1) is 2.83. The van der Waals surface area contributed by atoms with E-state index in [1.807, 2.05) is 40.5 Å². The average molecular weight is 278 g/mol. The summed E-state index contributed by atoms with van der Waals surface area (Å²) in [6.07, 6.45) is 4.00. The second kappa shape index (κ2) is 30.2. The molecule has 0 aromatic carbocycles. The Kier molecular flexibility index (Phi) is 67.6. The maximum atomic E-state index is 2.00. The van der Waals surface area contributed by atoms with Gasteiger partial charge in [0.2, 0.25) is 0 Å². The quantitative estimate of drug-likeness (QED) is 0.597. The molecule has 1 heteroatoms. The van der Waals surface area contributed by atoms with Crippen LogP contribution >= 0.6 is 0 Å². The Morgan fingerprint density at radius 2 is 0.714 bits per heavy atom. The Labute approximate surface area is 61.0 Å². The molecule has 0 nitrogen and oxygen atoms in total. The third kappa shape index (κ3) is 341. The zero-order chi connectivity index (χ0) is 5.41. The van der Waals surface area contributed by atoms with Crippen molar-refractivity contribution in [2.75, 3.05) is 0 Å². The van der Waals surface area contributed by atoms with Gasteiger partial charge in [-0.1, -0.05) is 0 Å². The standard InChI is InChI=1S/2C3H7.Ir/c2*1-3-2;/h2*3H,1-2H3;/q2*-1;+3. The van der Waals surface area contributed by atoms with E-state index in [4.69, 9.17) is 0 Å². The molecule has 0 rings (SSSR count). The van der Waals surface area contributed by atoms with Crippen LogP contribution in [0.25, 0.3) is 0 Å². The second-order valence-electron chi connectivity index (χ2n) is 1.15. The van der Waals surface area contributed by atoms with Crippen molar-refractivity contribution in [1.29, 1.82) is 0 Å². The van der Waals surface area contributed by atoms with Gasteiger partial charge < -0.3 is 12.8 Å². The Balaban J connectivity index is -0.0000000400. The van der Waals surface area contributed by atoms with E-state index in [9.17, 15) is 0 Å². The van der Waals surface area contributed by atoms with Gasteiger partial charge in [0, 0.05) is 0 Å². The molecule has 46 valence electrons. The van der Waals surface area contributed by atoms with Gasteiger partial charge in [0.25, 0.3) is 0 Å². The molecule has 7 heavy (non-hydrogen) atoms. The first-order valence-electron chi connectivity index (χ1n) is 2.31. The summed E-state index contributed by atoms with van der Waals surface area (Å²) in [5.74, 6) is 0. The van der Waals surface area contributed by atoms with Crippen LogP contribution in [0.1, 0.15) is 27.7 Å². The molecule has 0 aliphatic rings. The minimum Gasteiger partial charge on any atom is -0.335 e. The Morgan fingerprint density at radius 1 is 0.714 bits per heavy atom. The minimum atomic E-state index is 0. The Hall–Kier alpha value is 0.649. The zero-order valence-electron chi connectivity index (χ0n) is 5.49. The summed E-state index contributed by atoms with van der Waals surface area (Å²) < 4.78 is 0. The normalized spacial score (nSPS) is 5.14. The largest absolute Gasteiger partial charge is 3.00 e. The molecule has 0 heterocycles. The average Bonchev–Trinajstić information content (AvgIpc) is 1.39. The summed E-state index contributed by atoms with van der Waals surface area (Å²) in [6.45, 7) is 8.00. The molecule has 0 N–H and O–H groups in total. The summed E-state index contributed by atoms with van der Waals surface area (Å²) in [5.41, 5.74) is 0. The van der Waals surface area contributed by atoms with Gasteiger partial charge in [-0.25, -0.2) is 0 Å². The van der Waals surface area contributed by atoms with E-state index in [0.29, 0.717) is 0 Å². The van der Waals surface area contributed by atoms with Crippen molar-refractivity contribution in [1.82, 2.24) is 0 Å². The van der Waals surface area contributed by atoms with Crippen molar-refractivity contribution in [2.24, 2.45) is 0 Å². The molecule has 0 fully saturated rings. The third-order valence-electron chi connectivity index (χ3n) is 0. The molecule has 0 spiro atoms. The van der Waals surface area contributed by atoms with Crippen LogP contribution in [-0.4, -0.2) is 0 Å². The molecule has 0 atom stereocenters.